The van der Waals surface area contributed by atoms with Crippen LogP contribution in [-0.2, 0) is 11.8 Å². The van der Waals surface area contributed by atoms with Crippen LogP contribution in [0.5, 0.6) is 0 Å². The summed E-state index contributed by atoms with van der Waals surface area (Å²) < 4.78 is 2.08. The normalized spacial score (nSPS) is 10.8. The largest absolute Gasteiger partial charge is 0.352 e. The van der Waals surface area contributed by atoms with Crippen LogP contribution in [0, 0.1) is 0 Å². The van der Waals surface area contributed by atoms with Gasteiger partial charge in [0.05, 0.1) is 5.69 Å². The Morgan fingerprint density at radius 1 is 1.00 bits per heavy atom. The first-order valence-corrected chi connectivity index (χ1v) is 11.5. The minimum atomic E-state index is -0.395. The fraction of sp³-hybridized carbons (Fsp3) is 0.231. The number of nitrogens with zero attached hydrogens (tertiary/aromatic N) is 3. The van der Waals surface area contributed by atoms with Crippen LogP contribution in [0.2, 0.25) is 0 Å². The lowest BCUT2D eigenvalue weighted by atomic mass is 10.1. The maximum absolute atomic E-state index is 12.4. The predicted molar refractivity (Wildman–Crippen MR) is 134 cm³/mol. The summed E-state index contributed by atoms with van der Waals surface area (Å²) >= 11 is 0. The zero-order valence-corrected chi connectivity index (χ0v) is 19.5. The summed E-state index contributed by atoms with van der Waals surface area (Å²) in [5.74, 6) is -0.0743. The molecule has 2 aromatic carbocycles. The number of hydrogen-bond acceptors (Lipinski definition) is 6. The number of anilines is 2. The van der Waals surface area contributed by atoms with E-state index < -0.39 is 5.91 Å². The van der Waals surface area contributed by atoms with E-state index >= 15 is 0 Å². The standard InChI is InChI=1S/C26H28N6O3/c1-32-17-21(20-7-4-5-8-23(20)32)22-14-16-28-26(30-22)29-19-12-10-18(11-13-19)25(34)27-15-6-2-3-9-24(33)31-35/h4-5,7-8,10-14,16-17,35H,2-3,6,9,15H2,1H3,(H,27,34)(H,31,33)(H,28,29,30). The van der Waals surface area contributed by atoms with Gasteiger partial charge in [-0.1, -0.05) is 24.6 Å². The van der Waals surface area contributed by atoms with Gasteiger partial charge >= 0.3 is 0 Å². The SMILES string of the molecule is Cn1cc(-c2ccnc(Nc3ccc(C(=O)NCCCCCC(=O)NO)cc3)n2)c2ccccc21. The lowest BCUT2D eigenvalue weighted by Crippen LogP contribution is -2.24. The Kier molecular flexibility index (Phi) is 7.69. The van der Waals surface area contributed by atoms with Crippen LogP contribution in [0.3, 0.4) is 0 Å². The van der Waals surface area contributed by atoms with Crippen molar-refractivity contribution in [1.29, 1.82) is 0 Å². The maximum atomic E-state index is 12.4. The van der Waals surface area contributed by atoms with E-state index in [1.807, 2.05) is 37.4 Å². The molecule has 0 bridgehead atoms. The molecule has 0 spiro atoms. The summed E-state index contributed by atoms with van der Waals surface area (Å²) in [5, 5.41) is 15.7. The summed E-state index contributed by atoms with van der Waals surface area (Å²) in [6, 6.07) is 17.2. The Morgan fingerprint density at radius 2 is 1.80 bits per heavy atom. The molecule has 2 aromatic heterocycles. The highest BCUT2D eigenvalue weighted by Gasteiger charge is 2.11. The zero-order valence-electron chi connectivity index (χ0n) is 19.5. The number of nitrogens with one attached hydrogen (secondary N) is 3. The van der Waals surface area contributed by atoms with Crippen molar-refractivity contribution in [3.05, 3.63) is 72.6 Å². The smallest absolute Gasteiger partial charge is 0.251 e. The van der Waals surface area contributed by atoms with Crippen LogP contribution < -0.4 is 16.1 Å². The Labute approximate surface area is 203 Å². The van der Waals surface area contributed by atoms with E-state index in [1.165, 1.54) is 0 Å². The molecule has 0 radical (unpaired) electrons. The number of hydrogen-bond donors (Lipinski definition) is 4. The second-order valence-electron chi connectivity index (χ2n) is 8.24. The number of aryl methyl sites for hydroxylation is 1. The third kappa shape index (κ3) is 6.01. The Balaban J connectivity index is 1.33. The number of carbonyl (C=O) groups is 2. The van der Waals surface area contributed by atoms with Crippen LogP contribution in [0.25, 0.3) is 22.2 Å². The molecule has 0 saturated heterocycles. The molecule has 0 atom stereocenters. The van der Waals surface area contributed by atoms with Gasteiger partial charge in [0.15, 0.2) is 0 Å². The molecule has 2 amide bonds. The second-order valence-corrected chi connectivity index (χ2v) is 8.24. The minimum Gasteiger partial charge on any atom is -0.352 e. The van der Waals surface area contributed by atoms with Crippen molar-refractivity contribution in [2.24, 2.45) is 7.05 Å². The molecule has 0 aliphatic rings. The highest BCUT2D eigenvalue weighted by molar-refractivity contribution is 5.95. The first kappa shape index (κ1) is 23.9. The lowest BCUT2D eigenvalue weighted by molar-refractivity contribution is -0.129. The van der Waals surface area contributed by atoms with Gasteiger partial charge in [-0.25, -0.2) is 15.4 Å². The van der Waals surface area contributed by atoms with E-state index in [4.69, 9.17) is 5.21 Å². The summed E-state index contributed by atoms with van der Waals surface area (Å²) in [5.41, 5.74) is 5.95. The number of carbonyl (C=O) groups excluding carboxylic acids is 2. The molecule has 0 saturated carbocycles. The van der Waals surface area contributed by atoms with Gasteiger partial charge in [0.25, 0.3) is 5.91 Å². The van der Waals surface area contributed by atoms with E-state index in [9.17, 15) is 9.59 Å². The van der Waals surface area contributed by atoms with E-state index in [2.05, 4.69) is 43.5 Å². The summed E-state index contributed by atoms with van der Waals surface area (Å²) in [6.45, 7) is 0.522. The molecule has 0 aliphatic carbocycles. The Hall–Kier alpha value is -4.24. The second kappa shape index (κ2) is 11.3. The minimum absolute atomic E-state index is 0.154. The number of fused-ring (bicyclic) bond motifs is 1. The summed E-state index contributed by atoms with van der Waals surface area (Å²) in [7, 11) is 2.02. The number of para-hydroxylation sites is 1. The molecule has 4 N–H and O–H groups in total. The van der Waals surface area contributed by atoms with Gasteiger partial charge < -0.3 is 15.2 Å². The van der Waals surface area contributed by atoms with Gasteiger partial charge in [-0.05, 0) is 49.2 Å². The van der Waals surface area contributed by atoms with Gasteiger partial charge in [0.1, 0.15) is 0 Å². The van der Waals surface area contributed by atoms with E-state index in [-0.39, 0.29) is 12.3 Å². The first-order valence-electron chi connectivity index (χ1n) is 11.5. The molecule has 9 heteroatoms. The zero-order chi connectivity index (χ0) is 24.6. The van der Waals surface area contributed by atoms with Gasteiger partial charge in [0.2, 0.25) is 11.9 Å². The Bertz CT molecular complexity index is 1320. The molecule has 4 aromatic rings. The predicted octanol–water partition coefficient (Wildman–Crippen LogP) is 4.17. The molecule has 35 heavy (non-hydrogen) atoms. The Morgan fingerprint density at radius 3 is 2.60 bits per heavy atom. The van der Waals surface area contributed by atoms with Crippen LogP contribution in [0.4, 0.5) is 11.6 Å². The van der Waals surface area contributed by atoms with Crippen LogP contribution >= 0.6 is 0 Å². The molecular formula is C26H28N6O3. The fourth-order valence-electron chi connectivity index (χ4n) is 3.90. The molecule has 180 valence electrons. The van der Waals surface area contributed by atoms with Crippen LogP contribution in [0.15, 0.2) is 67.0 Å². The van der Waals surface area contributed by atoms with Crippen molar-refractivity contribution in [1.82, 2.24) is 25.3 Å². The molecule has 2 heterocycles. The molecular weight excluding hydrogens is 444 g/mol. The third-order valence-electron chi connectivity index (χ3n) is 5.72. The van der Waals surface area contributed by atoms with Gasteiger partial charge in [-0.3, -0.25) is 14.8 Å². The van der Waals surface area contributed by atoms with E-state index in [1.54, 1.807) is 23.8 Å². The van der Waals surface area contributed by atoms with Crippen molar-refractivity contribution < 1.29 is 14.8 Å². The van der Waals surface area contributed by atoms with Crippen LogP contribution in [0.1, 0.15) is 36.0 Å². The average molecular weight is 473 g/mol. The quantitative estimate of drug-likeness (QED) is 0.156. The number of benzene rings is 2. The number of amides is 2. The van der Waals surface area contributed by atoms with Crippen molar-refractivity contribution in [3.8, 4) is 11.3 Å². The highest BCUT2D eigenvalue weighted by atomic mass is 16.5. The first-order chi connectivity index (χ1) is 17.0. The lowest BCUT2D eigenvalue weighted by Gasteiger charge is -2.08. The van der Waals surface area contributed by atoms with Crippen molar-refractivity contribution >= 4 is 34.4 Å². The van der Waals surface area contributed by atoms with Gasteiger partial charge in [-0.2, -0.15) is 0 Å². The number of unbranched alkanes of at least 4 members (excludes halogenated alkanes) is 2. The molecule has 4 rings (SSSR count). The fourth-order valence-corrected chi connectivity index (χ4v) is 3.90. The summed E-state index contributed by atoms with van der Waals surface area (Å²) in [4.78, 5) is 32.3. The molecule has 9 nitrogen and oxygen atoms in total. The van der Waals surface area contributed by atoms with Crippen LogP contribution in [-0.4, -0.2) is 38.1 Å². The number of hydroxylamine groups is 1. The van der Waals surface area contributed by atoms with Crippen molar-refractivity contribution in [2.45, 2.75) is 25.7 Å². The third-order valence-corrected chi connectivity index (χ3v) is 5.72. The van der Waals surface area contributed by atoms with E-state index in [0.717, 1.165) is 40.7 Å². The number of rotatable bonds is 10. The van der Waals surface area contributed by atoms with Gasteiger partial charge in [-0.15, -0.1) is 0 Å². The van der Waals surface area contributed by atoms with E-state index in [0.29, 0.717) is 24.5 Å². The number of aromatic nitrogens is 3. The monoisotopic (exact) mass is 472 g/mol. The summed E-state index contributed by atoms with van der Waals surface area (Å²) in [6.07, 6.45) is 6.27. The van der Waals surface area contributed by atoms with Crippen molar-refractivity contribution in [3.63, 3.8) is 0 Å². The maximum Gasteiger partial charge on any atom is 0.251 e. The highest BCUT2D eigenvalue weighted by Crippen LogP contribution is 2.29. The molecule has 0 aliphatic heterocycles. The van der Waals surface area contributed by atoms with Gasteiger partial charge in [0, 0.05) is 60.1 Å². The average Bonchev–Trinajstić information content (AvgIpc) is 3.23. The molecule has 0 unspecified atom stereocenters. The topological polar surface area (TPSA) is 121 Å². The van der Waals surface area contributed by atoms with Crippen molar-refractivity contribution in [2.75, 3.05) is 11.9 Å². The molecule has 0 fully saturated rings.